The minimum atomic E-state index is -0.0945. The van der Waals surface area contributed by atoms with Crippen molar-refractivity contribution in [1.82, 2.24) is 5.32 Å². The molecule has 3 heteroatoms. The highest BCUT2D eigenvalue weighted by Gasteiger charge is 2.37. The van der Waals surface area contributed by atoms with Crippen molar-refractivity contribution in [3.63, 3.8) is 0 Å². The fraction of sp³-hybridized carbons (Fsp3) is 0.667. The van der Waals surface area contributed by atoms with Crippen LogP contribution >= 0.6 is 0 Å². The van der Waals surface area contributed by atoms with Crippen LogP contribution in [0.3, 0.4) is 0 Å². The summed E-state index contributed by atoms with van der Waals surface area (Å²) >= 11 is 0. The van der Waals surface area contributed by atoms with E-state index >= 15 is 0 Å². The number of fused-ring (bicyclic) bond motifs is 1. The summed E-state index contributed by atoms with van der Waals surface area (Å²) < 4.78 is 12.3. The van der Waals surface area contributed by atoms with Crippen LogP contribution in [-0.2, 0) is 11.2 Å². The molecule has 1 saturated heterocycles. The first-order valence-corrected chi connectivity index (χ1v) is 8.12. The van der Waals surface area contributed by atoms with Gasteiger partial charge in [0.25, 0.3) is 0 Å². The van der Waals surface area contributed by atoms with Crippen LogP contribution in [0.5, 0.6) is 5.75 Å². The second kappa shape index (κ2) is 5.62. The number of para-hydroxylation sites is 1. The second-order valence-electron chi connectivity index (χ2n) is 7.28. The minimum absolute atomic E-state index is 0.0945. The summed E-state index contributed by atoms with van der Waals surface area (Å²) in [5.74, 6) is 1.61. The third-order valence-corrected chi connectivity index (χ3v) is 4.43. The summed E-state index contributed by atoms with van der Waals surface area (Å²) in [6.45, 7) is 10.6. The standard InChI is InChI=1S/C18H27NO2/c1-12(2)19-11-14-8-9-20-16(14)15-7-5-6-13-10-18(3,4)21-17(13)15/h5-7,12,14,16,19H,8-11H2,1-4H3. The molecule has 2 heterocycles. The lowest BCUT2D eigenvalue weighted by molar-refractivity contribution is 0.0813. The Kier molecular flexibility index (Phi) is 3.98. The smallest absolute Gasteiger partial charge is 0.129 e. The molecule has 1 N–H and O–H groups in total. The Labute approximate surface area is 128 Å². The Hall–Kier alpha value is -1.06. The van der Waals surface area contributed by atoms with E-state index in [-0.39, 0.29) is 11.7 Å². The maximum atomic E-state index is 6.21. The Morgan fingerprint density at radius 2 is 2.14 bits per heavy atom. The lowest BCUT2D eigenvalue weighted by Gasteiger charge is -2.24. The molecule has 2 unspecified atom stereocenters. The Morgan fingerprint density at radius 1 is 1.33 bits per heavy atom. The summed E-state index contributed by atoms with van der Waals surface area (Å²) in [7, 11) is 0. The zero-order valence-electron chi connectivity index (χ0n) is 13.6. The molecule has 0 bridgehead atoms. The molecule has 2 atom stereocenters. The molecule has 0 aromatic heterocycles. The van der Waals surface area contributed by atoms with Gasteiger partial charge in [-0.25, -0.2) is 0 Å². The zero-order valence-corrected chi connectivity index (χ0v) is 13.6. The SMILES string of the molecule is CC(C)NCC1CCOC1c1cccc2c1OC(C)(C)C2. The molecule has 1 aromatic rings. The van der Waals surface area contributed by atoms with Gasteiger partial charge in [-0.1, -0.05) is 32.0 Å². The molecule has 2 aliphatic rings. The lowest BCUT2D eigenvalue weighted by Crippen LogP contribution is -2.30. The van der Waals surface area contributed by atoms with Crippen molar-refractivity contribution in [2.75, 3.05) is 13.2 Å². The van der Waals surface area contributed by atoms with Crippen LogP contribution in [0.2, 0.25) is 0 Å². The van der Waals surface area contributed by atoms with Gasteiger partial charge in [0.05, 0.1) is 6.10 Å². The highest BCUT2D eigenvalue weighted by atomic mass is 16.5. The molecule has 0 saturated carbocycles. The van der Waals surface area contributed by atoms with Gasteiger partial charge in [0.15, 0.2) is 0 Å². The van der Waals surface area contributed by atoms with Crippen LogP contribution in [-0.4, -0.2) is 24.8 Å². The number of ether oxygens (including phenoxy) is 2. The summed E-state index contributed by atoms with van der Waals surface area (Å²) in [4.78, 5) is 0. The van der Waals surface area contributed by atoms with E-state index in [0.29, 0.717) is 12.0 Å². The van der Waals surface area contributed by atoms with Gasteiger partial charge in [-0.15, -0.1) is 0 Å². The quantitative estimate of drug-likeness (QED) is 0.920. The van der Waals surface area contributed by atoms with Crippen LogP contribution < -0.4 is 10.1 Å². The van der Waals surface area contributed by atoms with Gasteiger partial charge < -0.3 is 14.8 Å². The van der Waals surface area contributed by atoms with Crippen LogP contribution in [0.1, 0.15) is 51.3 Å². The average molecular weight is 289 g/mol. The van der Waals surface area contributed by atoms with Gasteiger partial charge >= 0.3 is 0 Å². The van der Waals surface area contributed by atoms with E-state index in [2.05, 4.69) is 51.2 Å². The van der Waals surface area contributed by atoms with E-state index in [9.17, 15) is 0 Å². The number of hydrogen-bond donors (Lipinski definition) is 1. The molecule has 1 fully saturated rings. The van der Waals surface area contributed by atoms with E-state index < -0.39 is 0 Å². The summed E-state index contributed by atoms with van der Waals surface area (Å²) in [5.41, 5.74) is 2.47. The van der Waals surface area contributed by atoms with Gasteiger partial charge in [-0.2, -0.15) is 0 Å². The molecule has 0 amide bonds. The first-order valence-electron chi connectivity index (χ1n) is 8.12. The van der Waals surface area contributed by atoms with E-state index in [1.165, 1.54) is 11.1 Å². The van der Waals surface area contributed by atoms with E-state index in [0.717, 1.165) is 31.7 Å². The fourth-order valence-electron chi connectivity index (χ4n) is 3.44. The third-order valence-electron chi connectivity index (χ3n) is 4.43. The molecule has 1 aromatic carbocycles. The monoisotopic (exact) mass is 289 g/mol. The molecule has 0 aliphatic carbocycles. The number of hydrogen-bond acceptors (Lipinski definition) is 3. The predicted octanol–water partition coefficient (Wildman–Crippen LogP) is 3.48. The van der Waals surface area contributed by atoms with Crippen molar-refractivity contribution in [3.05, 3.63) is 29.3 Å². The van der Waals surface area contributed by atoms with Crippen molar-refractivity contribution in [2.24, 2.45) is 5.92 Å². The molecule has 0 spiro atoms. The van der Waals surface area contributed by atoms with Crippen molar-refractivity contribution in [3.8, 4) is 5.75 Å². The zero-order chi connectivity index (χ0) is 15.0. The largest absolute Gasteiger partial charge is 0.487 e. The predicted molar refractivity (Wildman–Crippen MR) is 84.8 cm³/mol. The molecule has 3 rings (SSSR count). The maximum absolute atomic E-state index is 6.21. The molecule has 21 heavy (non-hydrogen) atoms. The summed E-state index contributed by atoms with van der Waals surface area (Å²) in [6.07, 6.45) is 2.27. The topological polar surface area (TPSA) is 30.5 Å². The molecule has 0 radical (unpaired) electrons. The van der Waals surface area contributed by atoms with E-state index in [4.69, 9.17) is 9.47 Å². The Balaban J connectivity index is 1.83. The number of rotatable bonds is 4. The first-order chi connectivity index (χ1) is 9.96. The summed E-state index contributed by atoms with van der Waals surface area (Å²) in [5, 5.41) is 3.55. The average Bonchev–Trinajstić information content (AvgIpc) is 2.97. The fourth-order valence-corrected chi connectivity index (χ4v) is 3.44. The van der Waals surface area contributed by atoms with Gasteiger partial charge in [-0.05, 0) is 25.8 Å². The minimum Gasteiger partial charge on any atom is -0.487 e. The van der Waals surface area contributed by atoms with Crippen molar-refractivity contribution < 1.29 is 9.47 Å². The summed E-state index contributed by atoms with van der Waals surface area (Å²) in [6, 6.07) is 7.03. The molecule has 116 valence electrons. The normalized spacial score (nSPS) is 26.9. The van der Waals surface area contributed by atoms with Crippen LogP contribution in [0, 0.1) is 5.92 Å². The Morgan fingerprint density at radius 3 is 2.90 bits per heavy atom. The van der Waals surface area contributed by atoms with Gasteiger partial charge in [0.1, 0.15) is 11.4 Å². The van der Waals surface area contributed by atoms with Gasteiger partial charge in [-0.3, -0.25) is 0 Å². The van der Waals surface area contributed by atoms with Gasteiger partial charge in [0.2, 0.25) is 0 Å². The molecule has 2 aliphatic heterocycles. The molecule has 3 nitrogen and oxygen atoms in total. The van der Waals surface area contributed by atoms with Gasteiger partial charge in [0, 0.05) is 37.1 Å². The van der Waals surface area contributed by atoms with Crippen LogP contribution in [0.15, 0.2) is 18.2 Å². The van der Waals surface area contributed by atoms with Crippen molar-refractivity contribution in [1.29, 1.82) is 0 Å². The van der Waals surface area contributed by atoms with Crippen molar-refractivity contribution >= 4 is 0 Å². The first kappa shape index (κ1) is 14.9. The lowest BCUT2D eigenvalue weighted by atomic mass is 9.92. The number of benzene rings is 1. The third kappa shape index (κ3) is 3.09. The number of nitrogens with one attached hydrogen (secondary N) is 1. The second-order valence-corrected chi connectivity index (χ2v) is 7.28. The van der Waals surface area contributed by atoms with Crippen LogP contribution in [0.25, 0.3) is 0 Å². The molecular weight excluding hydrogens is 262 g/mol. The van der Waals surface area contributed by atoms with E-state index in [1.54, 1.807) is 0 Å². The van der Waals surface area contributed by atoms with Crippen molar-refractivity contribution in [2.45, 2.75) is 58.3 Å². The Bertz CT molecular complexity index is 510. The highest BCUT2D eigenvalue weighted by Crippen LogP contribution is 2.45. The maximum Gasteiger partial charge on any atom is 0.129 e. The van der Waals surface area contributed by atoms with Crippen LogP contribution in [0.4, 0.5) is 0 Å². The highest BCUT2D eigenvalue weighted by molar-refractivity contribution is 5.47. The van der Waals surface area contributed by atoms with E-state index in [1.807, 2.05) is 0 Å². The molecular formula is C18H27NO2.